The third-order valence-electron chi connectivity index (χ3n) is 1.85. The van der Waals surface area contributed by atoms with E-state index in [9.17, 15) is 9.18 Å². The fourth-order valence-electron chi connectivity index (χ4n) is 1.04. The maximum absolute atomic E-state index is 12.8. The summed E-state index contributed by atoms with van der Waals surface area (Å²) < 4.78 is 18.0. The summed E-state index contributed by atoms with van der Waals surface area (Å²) in [5, 5.41) is 2.64. The summed E-state index contributed by atoms with van der Waals surface area (Å²) >= 11 is 0. The van der Waals surface area contributed by atoms with Crippen molar-refractivity contribution in [2.45, 2.75) is 0 Å². The van der Waals surface area contributed by atoms with Crippen LogP contribution in [0.2, 0.25) is 0 Å². The van der Waals surface area contributed by atoms with Gasteiger partial charge < -0.3 is 15.0 Å². The highest BCUT2D eigenvalue weighted by atomic mass is 19.1. The Balaban J connectivity index is 2.23. The number of halogens is 1. The Labute approximate surface area is 94.0 Å². The lowest BCUT2D eigenvalue weighted by atomic mass is 10.3. The van der Waals surface area contributed by atoms with Gasteiger partial charge in [0, 0.05) is 20.2 Å². The van der Waals surface area contributed by atoms with Crippen LogP contribution in [0.5, 0.6) is 5.75 Å². The van der Waals surface area contributed by atoms with E-state index in [0.29, 0.717) is 18.9 Å². The Hall–Kier alpha value is -1.78. The van der Waals surface area contributed by atoms with Crippen molar-refractivity contribution in [2.75, 3.05) is 27.2 Å². The summed E-state index contributed by atoms with van der Waals surface area (Å²) in [4.78, 5) is 12.5. The van der Waals surface area contributed by atoms with Crippen LogP contribution < -0.4 is 10.1 Å². The van der Waals surface area contributed by atoms with Gasteiger partial charge in [0.15, 0.2) is 0 Å². The molecule has 1 aromatic rings. The minimum absolute atomic E-state index is 0.178. The summed E-state index contributed by atoms with van der Waals surface area (Å²) in [5.74, 6) is 0.119. The molecule has 0 aliphatic rings. The molecule has 0 bridgehead atoms. The SMILES string of the molecule is CN(C)C(=O)NCCOc1cccc(F)c1. The van der Waals surface area contributed by atoms with Gasteiger partial charge in [-0.15, -0.1) is 0 Å². The molecule has 5 heteroatoms. The molecule has 0 aromatic heterocycles. The van der Waals surface area contributed by atoms with Gasteiger partial charge in [0.05, 0.1) is 6.54 Å². The highest BCUT2D eigenvalue weighted by molar-refractivity contribution is 5.73. The van der Waals surface area contributed by atoms with Gasteiger partial charge in [-0.2, -0.15) is 0 Å². The van der Waals surface area contributed by atoms with E-state index in [-0.39, 0.29) is 11.8 Å². The van der Waals surface area contributed by atoms with Crippen LogP contribution in [-0.4, -0.2) is 38.2 Å². The first-order valence-corrected chi connectivity index (χ1v) is 4.93. The van der Waals surface area contributed by atoms with Crippen molar-refractivity contribution >= 4 is 6.03 Å². The minimum atomic E-state index is -0.338. The highest BCUT2D eigenvalue weighted by Gasteiger charge is 2.01. The number of nitrogens with zero attached hydrogens (tertiary/aromatic N) is 1. The fourth-order valence-corrected chi connectivity index (χ4v) is 1.04. The van der Waals surface area contributed by atoms with Gasteiger partial charge in [0.25, 0.3) is 0 Å². The summed E-state index contributed by atoms with van der Waals surface area (Å²) in [6.45, 7) is 0.691. The predicted octanol–water partition coefficient (Wildman–Crippen LogP) is 1.48. The normalized spacial score (nSPS) is 9.69. The fraction of sp³-hybridized carbons (Fsp3) is 0.364. The average Bonchev–Trinajstić information content (AvgIpc) is 2.24. The topological polar surface area (TPSA) is 41.6 Å². The predicted molar refractivity (Wildman–Crippen MR) is 59.0 cm³/mol. The van der Waals surface area contributed by atoms with Crippen molar-refractivity contribution in [3.63, 3.8) is 0 Å². The molecule has 1 aromatic carbocycles. The minimum Gasteiger partial charge on any atom is -0.492 e. The van der Waals surface area contributed by atoms with Gasteiger partial charge in [-0.05, 0) is 12.1 Å². The summed E-state index contributed by atoms with van der Waals surface area (Å²) in [7, 11) is 3.31. The molecule has 0 heterocycles. The van der Waals surface area contributed by atoms with Crippen LogP contribution in [0.4, 0.5) is 9.18 Å². The second-order valence-electron chi connectivity index (χ2n) is 3.43. The molecule has 0 aliphatic carbocycles. The molecule has 1 rings (SSSR count). The van der Waals surface area contributed by atoms with Crippen LogP contribution in [0.3, 0.4) is 0 Å². The van der Waals surface area contributed by atoms with Gasteiger partial charge in [-0.3, -0.25) is 0 Å². The van der Waals surface area contributed by atoms with E-state index >= 15 is 0 Å². The molecular formula is C11H15FN2O2. The first kappa shape index (κ1) is 12.3. The number of urea groups is 1. The third kappa shape index (κ3) is 4.16. The first-order chi connectivity index (χ1) is 7.59. The summed E-state index contributed by atoms with van der Waals surface area (Å²) in [6.07, 6.45) is 0. The monoisotopic (exact) mass is 226 g/mol. The van der Waals surface area contributed by atoms with Crippen LogP contribution in [-0.2, 0) is 0 Å². The van der Waals surface area contributed by atoms with Crippen LogP contribution in [0.1, 0.15) is 0 Å². The van der Waals surface area contributed by atoms with Crippen LogP contribution in [0, 0.1) is 5.82 Å². The zero-order chi connectivity index (χ0) is 12.0. The number of ether oxygens (including phenoxy) is 1. The Morgan fingerprint density at radius 3 is 2.88 bits per heavy atom. The second kappa shape index (κ2) is 5.95. The lowest BCUT2D eigenvalue weighted by Gasteiger charge is -2.12. The standard InChI is InChI=1S/C11H15FN2O2/c1-14(2)11(15)13-6-7-16-10-5-3-4-9(12)8-10/h3-5,8H,6-7H2,1-2H3,(H,13,15). The number of carbonyl (C=O) groups excluding carboxylic acids is 1. The Kier molecular flexibility index (Phi) is 4.57. The Morgan fingerprint density at radius 1 is 1.50 bits per heavy atom. The van der Waals surface area contributed by atoms with Crippen molar-refractivity contribution in [3.8, 4) is 5.75 Å². The molecule has 0 saturated carbocycles. The van der Waals surface area contributed by atoms with Gasteiger partial charge in [0.1, 0.15) is 18.2 Å². The molecule has 4 nitrogen and oxygen atoms in total. The quantitative estimate of drug-likeness (QED) is 0.790. The lowest BCUT2D eigenvalue weighted by molar-refractivity contribution is 0.213. The van der Waals surface area contributed by atoms with E-state index in [1.54, 1.807) is 26.2 Å². The van der Waals surface area contributed by atoms with Gasteiger partial charge in [-0.25, -0.2) is 9.18 Å². The number of nitrogens with one attached hydrogen (secondary N) is 1. The number of hydrogen-bond donors (Lipinski definition) is 1. The Morgan fingerprint density at radius 2 is 2.25 bits per heavy atom. The third-order valence-corrected chi connectivity index (χ3v) is 1.85. The van der Waals surface area contributed by atoms with Crippen molar-refractivity contribution in [2.24, 2.45) is 0 Å². The van der Waals surface area contributed by atoms with Crippen molar-refractivity contribution in [1.29, 1.82) is 0 Å². The second-order valence-corrected chi connectivity index (χ2v) is 3.43. The van der Waals surface area contributed by atoms with E-state index in [1.807, 2.05) is 0 Å². The van der Waals surface area contributed by atoms with Gasteiger partial charge in [0.2, 0.25) is 0 Å². The van der Waals surface area contributed by atoms with Gasteiger partial charge in [-0.1, -0.05) is 6.07 Å². The van der Waals surface area contributed by atoms with E-state index in [2.05, 4.69) is 5.32 Å². The number of rotatable bonds is 4. The number of amides is 2. The largest absolute Gasteiger partial charge is 0.492 e. The molecule has 2 amide bonds. The molecular weight excluding hydrogens is 211 g/mol. The maximum Gasteiger partial charge on any atom is 0.316 e. The van der Waals surface area contributed by atoms with E-state index in [1.165, 1.54) is 17.0 Å². The molecule has 0 saturated heterocycles. The van der Waals surface area contributed by atoms with Crippen LogP contribution in [0.25, 0.3) is 0 Å². The maximum atomic E-state index is 12.8. The summed E-state index contributed by atoms with van der Waals surface area (Å²) in [5.41, 5.74) is 0. The lowest BCUT2D eigenvalue weighted by Crippen LogP contribution is -2.36. The summed E-state index contributed by atoms with van der Waals surface area (Å²) in [6, 6.07) is 5.71. The molecule has 0 atom stereocenters. The van der Waals surface area contributed by atoms with Gasteiger partial charge >= 0.3 is 6.03 Å². The smallest absolute Gasteiger partial charge is 0.316 e. The van der Waals surface area contributed by atoms with Crippen molar-refractivity contribution < 1.29 is 13.9 Å². The van der Waals surface area contributed by atoms with Crippen LogP contribution >= 0.6 is 0 Å². The number of benzene rings is 1. The molecule has 0 aliphatic heterocycles. The Bertz CT molecular complexity index is 356. The zero-order valence-corrected chi connectivity index (χ0v) is 9.37. The first-order valence-electron chi connectivity index (χ1n) is 4.93. The molecule has 88 valence electrons. The number of carbonyl (C=O) groups is 1. The average molecular weight is 226 g/mol. The molecule has 0 radical (unpaired) electrons. The molecule has 0 spiro atoms. The molecule has 0 unspecified atom stereocenters. The number of hydrogen-bond acceptors (Lipinski definition) is 2. The van der Waals surface area contributed by atoms with Crippen molar-refractivity contribution in [3.05, 3.63) is 30.1 Å². The van der Waals surface area contributed by atoms with E-state index < -0.39 is 0 Å². The van der Waals surface area contributed by atoms with E-state index in [4.69, 9.17) is 4.74 Å². The molecule has 0 fully saturated rings. The van der Waals surface area contributed by atoms with Crippen molar-refractivity contribution in [1.82, 2.24) is 10.2 Å². The van der Waals surface area contributed by atoms with E-state index in [0.717, 1.165) is 0 Å². The van der Waals surface area contributed by atoms with Crippen LogP contribution in [0.15, 0.2) is 24.3 Å². The molecule has 1 N–H and O–H groups in total. The molecule has 16 heavy (non-hydrogen) atoms. The highest BCUT2D eigenvalue weighted by Crippen LogP contribution is 2.11. The zero-order valence-electron chi connectivity index (χ0n) is 9.37.